The van der Waals surface area contributed by atoms with E-state index in [1.807, 2.05) is 31.2 Å². The summed E-state index contributed by atoms with van der Waals surface area (Å²) in [5, 5.41) is 12.1. The Morgan fingerprint density at radius 2 is 1.74 bits per heavy atom. The highest BCUT2D eigenvalue weighted by atomic mass is 35.5. The second-order valence-electron chi connectivity index (χ2n) is 6.20. The van der Waals surface area contributed by atoms with Gasteiger partial charge in [0, 0.05) is 49.3 Å². The summed E-state index contributed by atoms with van der Waals surface area (Å²) < 4.78 is 0. The number of hydrogen-bond acceptors (Lipinski definition) is 8. The standard InChI is InChI=1S/C18H19ClN8/c1-13-14(19)4-2-5-15(13)23-17-24-16(12-22-25-17)26-8-10-27(11-9-26)18-20-6-3-7-21-18/h2-7,12H,8-11H2,1H3,(H,23,24,25). The summed E-state index contributed by atoms with van der Waals surface area (Å²) in [6, 6.07) is 7.51. The quantitative estimate of drug-likeness (QED) is 0.737. The van der Waals surface area contributed by atoms with Crippen molar-refractivity contribution in [3.05, 3.63) is 53.4 Å². The maximum atomic E-state index is 6.18. The first kappa shape index (κ1) is 17.4. The van der Waals surface area contributed by atoms with E-state index < -0.39 is 0 Å². The fourth-order valence-corrected chi connectivity index (χ4v) is 3.13. The number of rotatable bonds is 4. The summed E-state index contributed by atoms with van der Waals surface area (Å²) in [4.78, 5) is 17.6. The molecule has 0 unspecified atom stereocenters. The molecule has 9 heteroatoms. The average molecular weight is 383 g/mol. The molecule has 138 valence electrons. The van der Waals surface area contributed by atoms with Crippen LogP contribution >= 0.6 is 11.6 Å². The molecule has 0 amide bonds. The maximum Gasteiger partial charge on any atom is 0.249 e. The fraction of sp³-hybridized carbons (Fsp3) is 0.278. The zero-order valence-corrected chi connectivity index (χ0v) is 15.6. The van der Waals surface area contributed by atoms with Crippen molar-refractivity contribution in [1.29, 1.82) is 0 Å². The van der Waals surface area contributed by atoms with Crippen molar-refractivity contribution in [3.8, 4) is 0 Å². The Hall–Kier alpha value is -3.00. The van der Waals surface area contributed by atoms with Crippen LogP contribution in [-0.2, 0) is 0 Å². The predicted octanol–water partition coefficient (Wildman–Crippen LogP) is 2.69. The van der Waals surface area contributed by atoms with E-state index >= 15 is 0 Å². The molecular weight excluding hydrogens is 364 g/mol. The molecule has 1 aliphatic heterocycles. The van der Waals surface area contributed by atoms with Crippen LogP contribution in [-0.4, -0.2) is 51.3 Å². The van der Waals surface area contributed by atoms with E-state index in [1.165, 1.54) is 0 Å². The van der Waals surface area contributed by atoms with Crippen LogP contribution in [0.1, 0.15) is 5.56 Å². The zero-order chi connectivity index (χ0) is 18.6. The minimum atomic E-state index is 0.451. The number of benzene rings is 1. The van der Waals surface area contributed by atoms with Gasteiger partial charge in [-0.2, -0.15) is 10.1 Å². The number of hydrogen-bond donors (Lipinski definition) is 1. The summed E-state index contributed by atoms with van der Waals surface area (Å²) in [5.74, 6) is 2.00. The van der Waals surface area contributed by atoms with E-state index in [2.05, 4.69) is 40.3 Å². The fourth-order valence-electron chi connectivity index (χ4n) is 2.95. The van der Waals surface area contributed by atoms with Gasteiger partial charge >= 0.3 is 0 Å². The number of halogens is 1. The minimum Gasteiger partial charge on any atom is -0.352 e. The Bertz CT molecular complexity index is 912. The van der Waals surface area contributed by atoms with Crippen molar-refractivity contribution in [2.75, 3.05) is 41.3 Å². The highest BCUT2D eigenvalue weighted by Crippen LogP contribution is 2.25. The van der Waals surface area contributed by atoms with Gasteiger partial charge in [0.1, 0.15) is 0 Å². The molecule has 2 aromatic heterocycles. The van der Waals surface area contributed by atoms with Gasteiger partial charge in [-0.25, -0.2) is 9.97 Å². The first-order chi connectivity index (χ1) is 13.2. The van der Waals surface area contributed by atoms with Gasteiger partial charge in [-0.15, -0.1) is 5.10 Å². The van der Waals surface area contributed by atoms with E-state index in [0.29, 0.717) is 11.0 Å². The molecule has 1 saturated heterocycles. The van der Waals surface area contributed by atoms with Crippen molar-refractivity contribution >= 4 is 35.0 Å². The van der Waals surface area contributed by atoms with Crippen LogP contribution in [0.15, 0.2) is 42.9 Å². The second-order valence-corrected chi connectivity index (χ2v) is 6.61. The van der Waals surface area contributed by atoms with Crippen LogP contribution in [0.2, 0.25) is 5.02 Å². The van der Waals surface area contributed by atoms with Gasteiger partial charge in [-0.3, -0.25) is 0 Å². The van der Waals surface area contributed by atoms with Crippen molar-refractivity contribution in [1.82, 2.24) is 25.1 Å². The lowest BCUT2D eigenvalue weighted by atomic mass is 10.2. The van der Waals surface area contributed by atoms with Gasteiger partial charge in [-0.05, 0) is 30.7 Å². The summed E-state index contributed by atoms with van der Waals surface area (Å²) in [7, 11) is 0. The SMILES string of the molecule is Cc1c(Cl)cccc1Nc1nncc(N2CCN(c3ncccn3)CC2)n1. The Morgan fingerprint density at radius 3 is 2.52 bits per heavy atom. The summed E-state index contributed by atoms with van der Waals surface area (Å²) in [6.07, 6.45) is 5.21. The monoisotopic (exact) mass is 382 g/mol. The lowest BCUT2D eigenvalue weighted by molar-refractivity contribution is 0.632. The van der Waals surface area contributed by atoms with Crippen LogP contribution < -0.4 is 15.1 Å². The molecule has 0 atom stereocenters. The topological polar surface area (TPSA) is 83.0 Å². The molecule has 8 nitrogen and oxygen atoms in total. The molecule has 1 aliphatic rings. The number of nitrogens with one attached hydrogen (secondary N) is 1. The van der Waals surface area contributed by atoms with Crippen LogP contribution in [0.25, 0.3) is 0 Å². The first-order valence-corrected chi connectivity index (χ1v) is 9.07. The van der Waals surface area contributed by atoms with Crippen LogP contribution in [0.5, 0.6) is 0 Å². The van der Waals surface area contributed by atoms with Crippen LogP contribution in [0, 0.1) is 6.92 Å². The van der Waals surface area contributed by atoms with Gasteiger partial charge in [0.2, 0.25) is 11.9 Å². The summed E-state index contributed by atoms with van der Waals surface area (Å²) in [5.41, 5.74) is 1.82. The molecule has 0 aliphatic carbocycles. The molecule has 0 bridgehead atoms. The lowest BCUT2D eigenvalue weighted by Crippen LogP contribution is -2.47. The number of aromatic nitrogens is 5. The molecule has 0 radical (unpaired) electrons. The second kappa shape index (κ2) is 7.71. The normalized spacial score (nSPS) is 14.3. The molecule has 3 heterocycles. The van der Waals surface area contributed by atoms with Gasteiger partial charge in [0.05, 0.1) is 6.20 Å². The molecule has 0 spiro atoms. The third-order valence-electron chi connectivity index (χ3n) is 4.50. The largest absolute Gasteiger partial charge is 0.352 e. The Kier molecular flexibility index (Phi) is 4.97. The van der Waals surface area contributed by atoms with Crippen molar-refractivity contribution in [2.45, 2.75) is 6.92 Å². The molecule has 0 saturated carbocycles. The zero-order valence-electron chi connectivity index (χ0n) is 14.9. The number of nitrogens with zero attached hydrogens (tertiary/aromatic N) is 7. The smallest absolute Gasteiger partial charge is 0.249 e. The van der Waals surface area contributed by atoms with Gasteiger partial charge in [-0.1, -0.05) is 17.7 Å². The Morgan fingerprint density at radius 1 is 1.00 bits per heavy atom. The van der Waals surface area contributed by atoms with Crippen molar-refractivity contribution < 1.29 is 0 Å². The number of anilines is 4. The number of piperazine rings is 1. The molecule has 3 aromatic rings. The van der Waals surface area contributed by atoms with E-state index in [1.54, 1.807) is 18.6 Å². The molecule has 1 fully saturated rings. The lowest BCUT2D eigenvalue weighted by Gasteiger charge is -2.35. The summed E-state index contributed by atoms with van der Waals surface area (Å²) in [6.45, 7) is 5.22. The molecular formula is C18H19ClN8. The Balaban J connectivity index is 1.45. The van der Waals surface area contributed by atoms with Crippen molar-refractivity contribution in [2.24, 2.45) is 0 Å². The van der Waals surface area contributed by atoms with E-state index in [-0.39, 0.29) is 0 Å². The van der Waals surface area contributed by atoms with Crippen LogP contribution in [0.3, 0.4) is 0 Å². The molecule has 1 N–H and O–H groups in total. The third-order valence-corrected chi connectivity index (χ3v) is 4.91. The van der Waals surface area contributed by atoms with E-state index in [4.69, 9.17) is 11.6 Å². The first-order valence-electron chi connectivity index (χ1n) is 8.69. The minimum absolute atomic E-state index is 0.451. The van der Waals surface area contributed by atoms with Gasteiger partial charge < -0.3 is 15.1 Å². The Labute approximate surface area is 162 Å². The molecule has 27 heavy (non-hydrogen) atoms. The van der Waals surface area contributed by atoms with E-state index in [0.717, 1.165) is 49.2 Å². The average Bonchev–Trinajstić information content (AvgIpc) is 2.72. The molecule has 4 rings (SSSR count). The van der Waals surface area contributed by atoms with E-state index in [9.17, 15) is 0 Å². The predicted molar refractivity (Wildman–Crippen MR) is 106 cm³/mol. The van der Waals surface area contributed by atoms with Crippen molar-refractivity contribution in [3.63, 3.8) is 0 Å². The van der Waals surface area contributed by atoms with Gasteiger partial charge in [0.15, 0.2) is 5.82 Å². The molecule has 1 aromatic carbocycles. The summed E-state index contributed by atoms with van der Waals surface area (Å²) >= 11 is 6.18. The van der Waals surface area contributed by atoms with Gasteiger partial charge in [0.25, 0.3) is 0 Å². The highest BCUT2D eigenvalue weighted by molar-refractivity contribution is 6.31. The highest BCUT2D eigenvalue weighted by Gasteiger charge is 2.20. The maximum absolute atomic E-state index is 6.18. The third kappa shape index (κ3) is 3.90. The van der Waals surface area contributed by atoms with Crippen LogP contribution in [0.4, 0.5) is 23.4 Å².